The summed E-state index contributed by atoms with van der Waals surface area (Å²) in [4.78, 5) is 35.5. The van der Waals surface area contributed by atoms with Gasteiger partial charge in [-0.05, 0) is 18.2 Å². The standard InChI is InChI=1S/C10H7FN2O4/c11-5-1-2-7-6(3-5)12-9(16)10(17)13(7)4-8(14)15/h1-3H,4H2,(H,12,16)(H,14,15). The molecule has 2 N–H and O–H groups in total. The lowest BCUT2D eigenvalue weighted by atomic mass is 10.3. The van der Waals surface area contributed by atoms with Crippen molar-refractivity contribution < 1.29 is 14.3 Å². The summed E-state index contributed by atoms with van der Waals surface area (Å²) in [5.74, 6) is -1.85. The van der Waals surface area contributed by atoms with Crippen molar-refractivity contribution in [2.24, 2.45) is 0 Å². The van der Waals surface area contributed by atoms with E-state index in [1.165, 1.54) is 6.07 Å². The highest BCUT2D eigenvalue weighted by atomic mass is 19.1. The Kier molecular flexibility index (Phi) is 2.51. The number of rotatable bonds is 2. The summed E-state index contributed by atoms with van der Waals surface area (Å²) >= 11 is 0. The molecule has 6 nitrogen and oxygen atoms in total. The highest BCUT2D eigenvalue weighted by Crippen LogP contribution is 2.09. The maximum Gasteiger partial charge on any atom is 0.323 e. The van der Waals surface area contributed by atoms with Crippen molar-refractivity contribution in [2.45, 2.75) is 6.54 Å². The van der Waals surface area contributed by atoms with Gasteiger partial charge in [-0.1, -0.05) is 0 Å². The van der Waals surface area contributed by atoms with Crippen LogP contribution in [0.2, 0.25) is 0 Å². The van der Waals surface area contributed by atoms with Gasteiger partial charge in [0.05, 0.1) is 11.0 Å². The van der Waals surface area contributed by atoms with Crippen LogP contribution >= 0.6 is 0 Å². The van der Waals surface area contributed by atoms with Crippen LogP contribution in [0.4, 0.5) is 4.39 Å². The summed E-state index contributed by atoms with van der Waals surface area (Å²) in [6.45, 7) is -0.648. The van der Waals surface area contributed by atoms with Gasteiger partial charge in [0.1, 0.15) is 12.4 Å². The Morgan fingerprint density at radius 1 is 1.41 bits per heavy atom. The largest absolute Gasteiger partial charge is 0.480 e. The number of carbonyl (C=O) groups is 1. The topological polar surface area (TPSA) is 92.2 Å². The maximum absolute atomic E-state index is 12.9. The molecule has 0 saturated carbocycles. The van der Waals surface area contributed by atoms with Crippen molar-refractivity contribution in [3.8, 4) is 0 Å². The predicted octanol–water partition coefficient (Wildman–Crippen LogP) is -0.0865. The van der Waals surface area contributed by atoms with E-state index in [-0.39, 0.29) is 11.0 Å². The predicted molar refractivity (Wildman–Crippen MR) is 56.4 cm³/mol. The molecule has 0 amide bonds. The number of benzene rings is 1. The third-order valence-corrected chi connectivity index (χ3v) is 2.23. The molecule has 7 heteroatoms. The number of aliphatic carboxylic acids is 1. The summed E-state index contributed by atoms with van der Waals surface area (Å²) in [6, 6.07) is 3.35. The Morgan fingerprint density at radius 3 is 2.76 bits per heavy atom. The van der Waals surface area contributed by atoms with Crippen molar-refractivity contribution in [3.05, 3.63) is 44.7 Å². The molecule has 17 heavy (non-hydrogen) atoms. The Labute approximate surface area is 92.9 Å². The molecule has 0 aliphatic heterocycles. The average molecular weight is 238 g/mol. The van der Waals surface area contributed by atoms with Gasteiger partial charge in [0.25, 0.3) is 0 Å². The molecule has 1 aromatic carbocycles. The fourth-order valence-corrected chi connectivity index (χ4v) is 1.54. The third kappa shape index (κ3) is 1.94. The first-order chi connectivity index (χ1) is 7.99. The van der Waals surface area contributed by atoms with Crippen LogP contribution in [0.25, 0.3) is 11.0 Å². The summed E-state index contributed by atoms with van der Waals surface area (Å²) in [7, 11) is 0. The van der Waals surface area contributed by atoms with Crippen molar-refractivity contribution in [2.75, 3.05) is 0 Å². The first kappa shape index (κ1) is 11.1. The number of aromatic amines is 1. The van der Waals surface area contributed by atoms with Crippen LogP contribution in [-0.4, -0.2) is 20.6 Å². The van der Waals surface area contributed by atoms with Crippen LogP contribution in [0.15, 0.2) is 27.8 Å². The van der Waals surface area contributed by atoms with E-state index in [0.717, 1.165) is 16.7 Å². The monoisotopic (exact) mass is 238 g/mol. The van der Waals surface area contributed by atoms with E-state index in [1.807, 2.05) is 0 Å². The van der Waals surface area contributed by atoms with Gasteiger partial charge in [-0.15, -0.1) is 0 Å². The van der Waals surface area contributed by atoms with Crippen LogP contribution in [-0.2, 0) is 11.3 Å². The lowest BCUT2D eigenvalue weighted by Gasteiger charge is -2.06. The molecule has 2 rings (SSSR count). The van der Waals surface area contributed by atoms with Gasteiger partial charge in [-0.25, -0.2) is 4.39 Å². The molecule has 0 spiro atoms. The van der Waals surface area contributed by atoms with Crippen LogP contribution in [0.5, 0.6) is 0 Å². The molecular weight excluding hydrogens is 231 g/mol. The van der Waals surface area contributed by atoms with Gasteiger partial charge in [-0.3, -0.25) is 19.0 Å². The second-order valence-electron chi connectivity index (χ2n) is 3.40. The maximum atomic E-state index is 12.9. The van der Waals surface area contributed by atoms with Gasteiger partial charge in [0.2, 0.25) is 0 Å². The highest BCUT2D eigenvalue weighted by Gasteiger charge is 2.10. The van der Waals surface area contributed by atoms with Crippen molar-refractivity contribution in [1.29, 1.82) is 0 Å². The third-order valence-electron chi connectivity index (χ3n) is 2.23. The second-order valence-corrected chi connectivity index (χ2v) is 3.40. The molecule has 1 heterocycles. The van der Waals surface area contributed by atoms with Crippen molar-refractivity contribution in [1.82, 2.24) is 9.55 Å². The number of nitrogens with one attached hydrogen (secondary N) is 1. The van der Waals surface area contributed by atoms with Crippen molar-refractivity contribution >= 4 is 17.0 Å². The minimum atomic E-state index is -1.26. The van der Waals surface area contributed by atoms with Gasteiger partial charge in [0.15, 0.2) is 0 Å². The quantitative estimate of drug-likeness (QED) is 0.715. The molecule has 1 aromatic heterocycles. The van der Waals surface area contributed by atoms with Crippen molar-refractivity contribution in [3.63, 3.8) is 0 Å². The van der Waals surface area contributed by atoms with Gasteiger partial charge in [-0.2, -0.15) is 0 Å². The van der Waals surface area contributed by atoms with Gasteiger partial charge >= 0.3 is 17.1 Å². The number of hydrogen-bond donors (Lipinski definition) is 2. The lowest BCUT2D eigenvalue weighted by molar-refractivity contribution is -0.137. The molecule has 0 aliphatic carbocycles. The van der Waals surface area contributed by atoms with E-state index in [2.05, 4.69) is 4.98 Å². The van der Waals surface area contributed by atoms with E-state index in [4.69, 9.17) is 5.11 Å². The number of hydrogen-bond acceptors (Lipinski definition) is 3. The van der Waals surface area contributed by atoms with E-state index in [1.54, 1.807) is 0 Å². The van der Waals surface area contributed by atoms with E-state index >= 15 is 0 Å². The summed E-state index contributed by atoms with van der Waals surface area (Å²) in [5, 5.41) is 8.65. The summed E-state index contributed by atoms with van der Waals surface area (Å²) < 4.78 is 13.7. The number of nitrogens with zero attached hydrogens (tertiary/aromatic N) is 1. The SMILES string of the molecule is O=C(O)Cn1c(=O)c(=O)[nH]c2cc(F)ccc21. The number of fused-ring (bicyclic) bond motifs is 1. The zero-order valence-electron chi connectivity index (χ0n) is 8.44. The second kappa shape index (κ2) is 3.85. The van der Waals surface area contributed by atoms with Crippen LogP contribution < -0.4 is 11.1 Å². The lowest BCUT2D eigenvalue weighted by Crippen LogP contribution is -2.37. The first-order valence-corrected chi connectivity index (χ1v) is 4.63. The summed E-state index contributed by atoms with van der Waals surface area (Å²) in [5.41, 5.74) is -1.72. The van der Waals surface area contributed by atoms with Gasteiger partial charge < -0.3 is 10.1 Å². The number of H-pyrrole nitrogens is 1. The Balaban J connectivity index is 2.87. The van der Waals surface area contributed by atoms with Gasteiger partial charge in [0, 0.05) is 0 Å². The molecule has 0 saturated heterocycles. The zero-order chi connectivity index (χ0) is 12.6. The fraction of sp³-hybridized carbons (Fsp3) is 0.100. The molecule has 0 atom stereocenters. The molecule has 0 unspecified atom stereocenters. The van der Waals surface area contributed by atoms with Crippen LogP contribution in [0.3, 0.4) is 0 Å². The zero-order valence-corrected chi connectivity index (χ0v) is 8.44. The fourth-order valence-electron chi connectivity index (χ4n) is 1.54. The molecule has 0 fully saturated rings. The average Bonchev–Trinajstić information content (AvgIpc) is 2.24. The molecule has 0 bridgehead atoms. The minimum Gasteiger partial charge on any atom is -0.480 e. The highest BCUT2D eigenvalue weighted by molar-refractivity contribution is 5.76. The Bertz CT molecular complexity index is 716. The number of aromatic nitrogens is 2. The number of halogens is 1. The first-order valence-electron chi connectivity index (χ1n) is 4.63. The molecular formula is C10H7FN2O4. The Hall–Kier alpha value is -2.44. The molecule has 0 aliphatic rings. The minimum absolute atomic E-state index is 0.0795. The Morgan fingerprint density at radius 2 is 2.12 bits per heavy atom. The van der Waals surface area contributed by atoms with Crippen LogP contribution in [0.1, 0.15) is 0 Å². The van der Waals surface area contributed by atoms with Crippen LogP contribution in [0, 0.1) is 5.82 Å². The van der Waals surface area contributed by atoms with E-state index < -0.39 is 29.4 Å². The molecule has 0 radical (unpaired) electrons. The number of carboxylic acid groups (broad SMARTS) is 1. The molecule has 88 valence electrons. The summed E-state index contributed by atoms with van der Waals surface area (Å²) in [6.07, 6.45) is 0. The van der Waals surface area contributed by atoms with E-state index in [0.29, 0.717) is 0 Å². The normalized spacial score (nSPS) is 10.6. The van der Waals surface area contributed by atoms with E-state index in [9.17, 15) is 18.8 Å². The smallest absolute Gasteiger partial charge is 0.323 e. The molecule has 2 aromatic rings. The number of carboxylic acids is 1.